The molecule has 0 saturated heterocycles. The Labute approximate surface area is 167 Å². The minimum absolute atomic E-state index is 0.201. The fraction of sp³-hybridized carbons (Fsp3) is 0.368. The highest BCUT2D eigenvalue weighted by Gasteiger charge is 2.29. The molecule has 0 aliphatic rings. The van der Waals surface area contributed by atoms with Crippen LogP contribution in [-0.2, 0) is 22.6 Å². The molecule has 2 aromatic rings. The van der Waals surface area contributed by atoms with Crippen molar-refractivity contribution in [1.82, 2.24) is 10.6 Å². The van der Waals surface area contributed by atoms with E-state index in [1.165, 1.54) is 11.3 Å². The fourth-order valence-electron chi connectivity index (χ4n) is 2.39. The zero-order chi connectivity index (χ0) is 19.8. The quantitative estimate of drug-likeness (QED) is 0.507. The molecule has 1 aromatic carbocycles. The molecular weight excluding hydrogens is 388 g/mol. The van der Waals surface area contributed by atoms with E-state index in [0.717, 1.165) is 16.0 Å². The molecular formula is C19H23ClN2O4S. The molecule has 0 fully saturated rings. The number of aliphatic hydroxyl groups is 2. The number of benzene rings is 1. The van der Waals surface area contributed by atoms with Gasteiger partial charge in [-0.3, -0.25) is 9.59 Å². The van der Waals surface area contributed by atoms with Crippen LogP contribution in [-0.4, -0.2) is 40.8 Å². The summed E-state index contributed by atoms with van der Waals surface area (Å²) in [4.78, 5) is 24.5. The smallest absolute Gasteiger partial charge is 0.252 e. The van der Waals surface area contributed by atoms with Gasteiger partial charge >= 0.3 is 0 Å². The molecule has 6 nitrogen and oxygen atoms in total. The van der Waals surface area contributed by atoms with Gasteiger partial charge in [-0.25, -0.2) is 0 Å². The van der Waals surface area contributed by atoms with Gasteiger partial charge in [0.15, 0.2) is 12.2 Å². The molecule has 27 heavy (non-hydrogen) atoms. The molecule has 0 aliphatic carbocycles. The van der Waals surface area contributed by atoms with E-state index in [0.29, 0.717) is 24.4 Å². The first-order chi connectivity index (χ1) is 12.9. The van der Waals surface area contributed by atoms with E-state index in [4.69, 9.17) is 11.6 Å². The average molecular weight is 411 g/mol. The van der Waals surface area contributed by atoms with Crippen LogP contribution in [0.2, 0.25) is 5.02 Å². The molecule has 1 heterocycles. The van der Waals surface area contributed by atoms with E-state index >= 15 is 0 Å². The summed E-state index contributed by atoms with van der Waals surface area (Å²) in [5.74, 6) is -1.56. The van der Waals surface area contributed by atoms with Crippen molar-refractivity contribution in [3.05, 3.63) is 56.7 Å². The lowest BCUT2D eigenvalue weighted by molar-refractivity contribution is -0.146. The van der Waals surface area contributed by atoms with Gasteiger partial charge in [0, 0.05) is 16.4 Å². The van der Waals surface area contributed by atoms with E-state index in [-0.39, 0.29) is 6.54 Å². The summed E-state index contributed by atoms with van der Waals surface area (Å²) in [5, 5.41) is 27.2. The Kier molecular flexibility index (Phi) is 8.24. The van der Waals surface area contributed by atoms with E-state index in [1.54, 1.807) is 0 Å². The van der Waals surface area contributed by atoms with Crippen molar-refractivity contribution in [3.8, 4) is 0 Å². The van der Waals surface area contributed by atoms with Crippen LogP contribution in [0.25, 0.3) is 0 Å². The maximum atomic E-state index is 12.0. The van der Waals surface area contributed by atoms with Crippen molar-refractivity contribution in [1.29, 1.82) is 0 Å². The Balaban J connectivity index is 1.86. The monoisotopic (exact) mass is 410 g/mol. The fourth-order valence-corrected chi connectivity index (χ4v) is 3.42. The molecule has 1 aromatic heterocycles. The SMILES string of the molecule is CCCNC(=O)[C@H](O)[C@@H](O)C(=O)NCc1cc(Cc2ccccc2Cl)cs1. The second kappa shape index (κ2) is 10.4. The molecule has 0 saturated carbocycles. The van der Waals surface area contributed by atoms with Gasteiger partial charge in [-0.2, -0.15) is 0 Å². The highest BCUT2D eigenvalue weighted by molar-refractivity contribution is 7.10. The second-order valence-corrected chi connectivity index (χ2v) is 7.49. The van der Waals surface area contributed by atoms with Crippen LogP contribution in [0.15, 0.2) is 35.7 Å². The van der Waals surface area contributed by atoms with Gasteiger partial charge in [-0.1, -0.05) is 36.7 Å². The average Bonchev–Trinajstić information content (AvgIpc) is 3.12. The topological polar surface area (TPSA) is 98.7 Å². The molecule has 2 amide bonds. The Morgan fingerprint density at radius 3 is 2.48 bits per heavy atom. The van der Waals surface area contributed by atoms with Crippen LogP contribution < -0.4 is 10.6 Å². The maximum Gasteiger partial charge on any atom is 0.252 e. The van der Waals surface area contributed by atoms with Crippen molar-refractivity contribution in [2.75, 3.05) is 6.54 Å². The number of halogens is 1. The van der Waals surface area contributed by atoms with Crippen LogP contribution in [0.5, 0.6) is 0 Å². The van der Waals surface area contributed by atoms with Crippen LogP contribution in [0, 0.1) is 0 Å². The summed E-state index contributed by atoms with van der Waals surface area (Å²) in [6.45, 7) is 2.43. The van der Waals surface area contributed by atoms with Crippen molar-refractivity contribution in [2.24, 2.45) is 0 Å². The zero-order valence-electron chi connectivity index (χ0n) is 14.9. The highest BCUT2D eigenvalue weighted by atomic mass is 35.5. The minimum atomic E-state index is -1.82. The van der Waals surface area contributed by atoms with Crippen molar-refractivity contribution in [2.45, 2.75) is 38.5 Å². The molecule has 0 unspecified atom stereocenters. The molecule has 0 spiro atoms. The standard InChI is InChI=1S/C19H23ClN2O4S/c1-2-7-21-18(25)16(23)17(24)19(26)22-10-14-9-12(11-27-14)8-13-5-3-4-6-15(13)20/h3-6,9,11,16-17,23-24H,2,7-8,10H2,1H3,(H,21,25)(H,22,26)/t16-,17-/m1/s1. The van der Waals surface area contributed by atoms with Crippen molar-refractivity contribution in [3.63, 3.8) is 0 Å². The molecule has 0 bridgehead atoms. The largest absolute Gasteiger partial charge is 0.380 e. The Hall–Kier alpha value is -1.93. The maximum absolute atomic E-state index is 12.0. The van der Waals surface area contributed by atoms with Gasteiger partial charge < -0.3 is 20.8 Å². The van der Waals surface area contributed by atoms with Gasteiger partial charge in [0.25, 0.3) is 11.8 Å². The number of rotatable bonds is 9. The molecule has 0 radical (unpaired) electrons. The van der Waals surface area contributed by atoms with Gasteiger partial charge in [-0.05, 0) is 41.5 Å². The number of thiophene rings is 1. The Morgan fingerprint density at radius 2 is 1.81 bits per heavy atom. The zero-order valence-corrected chi connectivity index (χ0v) is 16.5. The third kappa shape index (κ3) is 6.32. The third-order valence-corrected chi connectivity index (χ3v) is 5.24. The number of carbonyl (C=O) groups is 2. The van der Waals surface area contributed by atoms with Gasteiger partial charge in [0.1, 0.15) is 0 Å². The minimum Gasteiger partial charge on any atom is -0.380 e. The van der Waals surface area contributed by atoms with Crippen molar-refractivity contribution < 1.29 is 19.8 Å². The van der Waals surface area contributed by atoms with Gasteiger partial charge in [0.05, 0.1) is 6.54 Å². The first kappa shape index (κ1) is 21.4. The summed E-state index contributed by atoms with van der Waals surface area (Å²) in [6.07, 6.45) is -2.24. The first-order valence-electron chi connectivity index (χ1n) is 8.63. The lowest BCUT2D eigenvalue weighted by Crippen LogP contribution is -2.49. The Morgan fingerprint density at radius 1 is 1.15 bits per heavy atom. The van der Waals surface area contributed by atoms with Crippen molar-refractivity contribution >= 4 is 34.8 Å². The van der Waals surface area contributed by atoms with E-state index in [2.05, 4.69) is 10.6 Å². The predicted molar refractivity (Wildman–Crippen MR) is 106 cm³/mol. The molecule has 2 rings (SSSR count). The highest BCUT2D eigenvalue weighted by Crippen LogP contribution is 2.22. The molecule has 8 heteroatoms. The van der Waals surface area contributed by atoms with Crippen LogP contribution in [0.4, 0.5) is 0 Å². The number of nitrogens with one attached hydrogen (secondary N) is 2. The summed E-state index contributed by atoms with van der Waals surface area (Å²) in [6, 6.07) is 9.56. The van der Waals surface area contributed by atoms with Crippen LogP contribution in [0.3, 0.4) is 0 Å². The van der Waals surface area contributed by atoms with Crippen LogP contribution >= 0.6 is 22.9 Å². The normalized spacial score (nSPS) is 13.0. The lowest BCUT2D eigenvalue weighted by atomic mass is 10.1. The number of amides is 2. The van der Waals surface area contributed by atoms with Gasteiger partial charge in [0.2, 0.25) is 0 Å². The first-order valence-corrected chi connectivity index (χ1v) is 9.89. The predicted octanol–water partition coefficient (Wildman–Crippen LogP) is 1.86. The van der Waals surface area contributed by atoms with Gasteiger partial charge in [-0.15, -0.1) is 11.3 Å². The van der Waals surface area contributed by atoms with E-state index < -0.39 is 24.0 Å². The van der Waals surface area contributed by atoms with E-state index in [1.807, 2.05) is 42.6 Å². The number of hydrogen-bond donors (Lipinski definition) is 4. The second-order valence-electron chi connectivity index (χ2n) is 6.09. The molecule has 2 atom stereocenters. The molecule has 4 N–H and O–H groups in total. The molecule has 146 valence electrons. The summed E-state index contributed by atoms with van der Waals surface area (Å²) >= 11 is 7.64. The number of hydrogen-bond acceptors (Lipinski definition) is 5. The summed E-state index contributed by atoms with van der Waals surface area (Å²) in [7, 11) is 0. The number of aliphatic hydroxyl groups excluding tert-OH is 2. The third-order valence-electron chi connectivity index (χ3n) is 3.88. The lowest BCUT2D eigenvalue weighted by Gasteiger charge is -2.16. The van der Waals surface area contributed by atoms with E-state index in [9.17, 15) is 19.8 Å². The summed E-state index contributed by atoms with van der Waals surface area (Å²) < 4.78 is 0. The number of carbonyl (C=O) groups excluding carboxylic acids is 2. The van der Waals surface area contributed by atoms with Crippen LogP contribution in [0.1, 0.15) is 29.3 Å². The Bertz CT molecular complexity index is 781. The summed E-state index contributed by atoms with van der Waals surface area (Å²) in [5.41, 5.74) is 2.08. The molecule has 0 aliphatic heterocycles.